The monoisotopic (exact) mass is 359 g/mol. The number of nitrogens with two attached hydrogens (primary N) is 1. The normalized spacial score (nSPS) is 18.4. The van der Waals surface area contributed by atoms with Crippen LogP contribution in [0.1, 0.15) is 36.0 Å². The summed E-state index contributed by atoms with van der Waals surface area (Å²) in [6.07, 6.45) is 5.25. The zero-order valence-electron chi connectivity index (χ0n) is 15.0. The smallest absolute Gasteiger partial charge is 0.337 e. The SMILES string of the molecule is COC(=O)c1ccc(N2CCC(N3C=C(C(=O)O)CCC3)CC2)c(N)c1. The summed E-state index contributed by atoms with van der Waals surface area (Å²) in [5, 5.41) is 9.20. The van der Waals surface area contributed by atoms with Gasteiger partial charge in [-0.3, -0.25) is 0 Å². The fourth-order valence-electron chi connectivity index (χ4n) is 3.76. The first-order chi connectivity index (χ1) is 12.5. The summed E-state index contributed by atoms with van der Waals surface area (Å²) in [6.45, 7) is 2.61. The minimum absolute atomic E-state index is 0.358. The number of anilines is 2. The Morgan fingerprint density at radius 1 is 1.23 bits per heavy atom. The number of nitrogens with zero attached hydrogens (tertiary/aromatic N) is 2. The first kappa shape index (κ1) is 18.1. The molecule has 7 heteroatoms. The molecule has 0 bridgehead atoms. The highest BCUT2D eigenvalue weighted by Gasteiger charge is 2.27. The van der Waals surface area contributed by atoms with E-state index in [0.717, 1.165) is 44.6 Å². The van der Waals surface area contributed by atoms with Crippen molar-refractivity contribution in [3.63, 3.8) is 0 Å². The van der Waals surface area contributed by atoms with Gasteiger partial charge in [0.05, 0.1) is 29.6 Å². The predicted octanol–water partition coefficient (Wildman–Crippen LogP) is 2.09. The zero-order chi connectivity index (χ0) is 18.7. The lowest BCUT2D eigenvalue weighted by molar-refractivity contribution is -0.133. The van der Waals surface area contributed by atoms with Crippen molar-refractivity contribution in [2.24, 2.45) is 0 Å². The lowest BCUT2D eigenvalue weighted by Gasteiger charge is -2.40. The van der Waals surface area contributed by atoms with Crippen molar-refractivity contribution in [2.75, 3.05) is 37.4 Å². The van der Waals surface area contributed by atoms with E-state index in [1.54, 1.807) is 12.1 Å². The third kappa shape index (κ3) is 3.76. The predicted molar refractivity (Wildman–Crippen MR) is 99.1 cm³/mol. The van der Waals surface area contributed by atoms with Crippen LogP contribution < -0.4 is 10.6 Å². The second-order valence-electron chi connectivity index (χ2n) is 6.78. The second kappa shape index (κ2) is 7.68. The summed E-state index contributed by atoms with van der Waals surface area (Å²) in [7, 11) is 1.35. The standard InChI is InChI=1S/C19H25N3O4/c1-26-19(25)13-4-5-17(16(20)11-13)21-9-6-15(7-10-21)22-8-2-3-14(12-22)18(23)24/h4-5,11-12,15H,2-3,6-10,20H2,1H3,(H,23,24). The van der Waals surface area contributed by atoms with Gasteiger partial charge >= 0.3 is 11.9 Å². The van der Waals surface area contributed by atoms with Gasteiger partial charge in [0.25, 0.3) is 0 Å². The van der Waals surface area contributed by atoms with Crippen LogP contribution in [0.4, 0.5) is 11.4 Å². The fraction of sp³-hybridized carbons (Fsp3) is 0.474. The van der Waals surface area contributed by atoms with E-state index < -0.39 is 11.9 Å². The number of carbonyl (C=O) groups is 2. The molecule has 0 aliphatic carbocycles. The van der Waals surface area contributed by atoms with Crippen molar-refractivity contribution in [2.45, 2.75) is 31.7 Å². The molecule has 3 rings (SSSR count). The quantitative estimate of drug-likeness (QED) is 0.628. The molecule has 0 unspecified atom stereocenters. The molecule has 0 saturated carbocycles. The number of hydrogen-bond acceptors (Lipinski definition) is 6. The summed E-state index contributed by atoms with van der Waals surface area (Å²) in [4.78, 5) is 27.2. The molecule has 0 atom stereocenters. The van der Waals surface area contributed by atoms with Crippen LogP contribution in [0, 0.1) is 0 Å². The second-order valence-corrected chi connectivity index (χ2v) is 6.78. The van der Waals surface area contributed by atoms with Crippen LogP contribution in [-0.4, -0.2) is 54.7 Å². The molecular formula is C19H25N3O4. The van der Waals surface area contributed by atoms with Crippen LogP contribution >= 0.6 is 0 Å². The Hall–Kier alpha value is -2.70. The average molecular weight is 359 g/mol. The van der Waals surface area contributed by atoms with E-state index >= 15 is 0 Å². The first-order valence-corrected chi connectivity index (χ1v) is 8.92. The van der Waals surface area contributed by atoms with E-state index in [1.807, 2.05) is 12.3 Å². The maximum atomic E-state index is 11.6. The van der Waals surface area contributed by atoms with Crippen LogP contribution in [0.15, 0.2) is 30.0 Å². The van der Waals surface area contributed by atoms with E-state index in [9.17, 15) is 14.7 Å². The van der Waals surface area contributed by atoms with Gasteiger partial charge in [-0.15, -0.1) is 0 Å². The fourth-order valence-corrected chi connectivity index (χ4v) is 3.76. The number of carboxylic acids is 1. The first-order valence-electron chi connectivity index (χ1n) is 8.92. The van der Waals surface area contributed by atoms with E-state index in [2.05, 4.69) is 9.80 Å². The van der Waals surface area contributed by atoms with Gasteiger partial charge in [0, 0.05) is 31.9 Å². The lowest BCUT2D eigenvalue weighted by Crippen LogP contribution is -2.44. The van der Waals surface area contributed by atoms with Crippen LogP contribution in [0.3, 0.4) is 0 Å². The molecular weight excluding hydrogens is 334 g/mol. The zero-order valence-corrected chi connectivity index (χ0v) is 15.0. The Kier molecular flexibility index (Phi) is 5.35. The molecule has 1 aromatic carbocycles. The van der Waals surface area contributed by atoms with Gasteiger partial charge in [0.1, 0.15) is 0 Å². The maximum Gasteiger partial charge on any atom is 0.337 e. The minimum atomic E-state index is -0.814. The minimum Gasteiger partial charge on any atom is -0.478 e. The summed E-state index contributed by atoms with van der Waals surface area (Å²) >= 11 is 0. The largest absolute Gasteiger partial charge is 0.478 e. The van der Waals surface area contributed by atoms with Crippen LogP contribution in [0.2, 0.25) is 0 Å². The van der Waals surface area contributed by atoms with Crippen LogP contribution in [0.25, 0.3) is 0 Å². The van der Waals surface area contributed by atoms with E-state index in [1.165, 1.54) is 7.11 Å². The Morgan fingerprint density at radius 2 is 1.96 bits per heavy atom. The van der Waals surface area contributed by atoms with Crippen LogP contribution in [0.5, 0.6) is 0 Å². The molecule has 2 heterocycles. The van der Waals surface area contributed by atoms with Crippen molar-refractivity contribution in [1.82, 2.24) is 4.90 Å². The van der Waals surface area contributed by atoms with Crippen molar-refractivity contribution in [3.05, 3.63) is 35.5 Å². The highest BCUT2D eigenvalue weighted by Crippen LogP contribution is 2.30. The Bertz CT molecular complexity index is 723. The van der Waals surface area contributed by atoms with Gasteiger partial charge in [-0.05, 0) is 43.9 Å². The number of carboxylic acid groups (broad SMARTS) is 1. The molecule has 1 aromatic rings. The van der Waals surface area contributed by atoms with E-state index in [0.29, 0.717) is 29.3 Å². The number of piperidine rings is 1. The highest BCUT2D eigenvalue weighted by atomic mass is 16.5. The van der Waals surface area contributed by atoms with Gasteiger partial charge < -0.3 is 25.4 Å². The number of aliphatic carboxylic acids is 1. The van der Waals surface area contributed by atoms with Crippen molar-refractivity contribution < 1.29 is 19.4 Å². The number of nitrogen functional groups attached to an aromatic ring is 1. The number of ether oxygens (including phenoxy) is 1. The summed E-state index contributed by atoms with van der Waals surface area (Å²) in [5.74, 6) is -1.21. The Labute approximate surface area is 153 Å². The van der Waals surface area contributed by atoms with Crippen molar-refractivity contribution >= 4 is 23.3 Å². The maximum absolute atomic E-state index is 11.6. The number of hydrogen-bond donors (Lipinski definition) is 2. The van der Waals surface area contributed by atoms with E-state index in [4.69, 9.17) is 10.5 Å². The lowest BCUT2D eigenvalue weighted by atomic mass is 9.99. The van der Waals surface area contributed by atoms with Gasteiger partial charge in [0.2, 0.25) is 0 Å². The molecule has 7 nitrogen and oxygen atoms in total. The van der Waals surface area contributed by atoms with Crippen LogP contribution in [-0.2, 0) is 9.53 Å². The third-order valence-corrected chi connectivity index (χ3v) is 5.18. The van der Waals surface area contributed by atoms with Gasteiger partial charge in [-0.25, -0.2) is 9.59 Å². The summed E-state index contributed by atoms with van der Waals surface area (Å²) in [5.41, 5.74) is 8.58. The van der Waals surface area contributed by atoms with Crippen molar-refractivity contribution in [3.8, 4) is 0 Å². The van der Waals surface area contributed by atoms with Crippen molar-refractivity contribution in [1.29, 1.82) is 0 Å². The van der Waals surface area contributed by atoms with E-state index in [-0.39, 0.29) is 0 Å². The third-order valence-electron chi connectivity index (χ3n) is 5.18. The Morgan fingerprint density at radius 3 is 2.58 bits per heavy atom. The molecule has 2 aliphatic heterocycles. The summed E-state index contributed by atoms with van der Waals surface area (Å²) < 4.78 is 4.72. The molecule has 1 saturated heterocycles. The highest BCUT2D eigenvalue weighted by molar-refractivity contribution is 5.92. The molecule has 26 heavy (non-hydrogen) atoms. The number of rotatable bonds is 4. The van der Waals surface area contributed by atoms with Gasteiger partial charge in [-0.1, -0.05) is 0 Å². The number of methoxy groups -OCH3 is 1. The molecule has 0 radical (unpaired) electrons. The topological polar surface area (TPSA) is 96.1 Å². The van der Waals surface area contributed by atoms with Gasteiger partial charge in [-0.2, -0.15) is 0 Å². The molecule has 140 valence electrons. The number of benzene rings is 1. The summed E-state index contributed by atoms with van der Waals surface area (Å²) in [6, 6.07) is 5.61. The molecule has 2 aliphatic rings. The number of carbonyl (C=O) groups excluding carboxylic acids is 1. The molecule has 0 spiro atoms. The molecule has 0 aromatic heterocycles. The Balaban J connectivity index is 1.64. The average Bonchev–Trinajstić information content (AvgIpc) is 2.67. The van der Waals surface area contributed by atoms with Gasteiger partial charge in [0.15, 0.2) is 0 Å². The molecule has 3 N–H and O–H groups in total. The molecule has 1 fully saturated rings. The molecule has 0 amide bonds. The number of esters is 1.